The summed E-state index contributed by atoms with van der Waals surface area (Å²) >= 11 is 0. The largest absolute Gasteiger partial charge is 0.472 e. The van der Waals surface area contributed by atoms with Gasteiger partial charge >= 0.3 is 39.5 Å². The molecule has 0 aromatic carbocycles. The fourth-order valence-corrected chi connectivity index (χ4v) is 10.6. The molecule has 17 nitrogen and oxygen atoms in total. The number of carbonyl (C=O) groups is 4. The van der Waals surface area contributed by atoms with Crippen LogP contribution in [0.1, 0.15) is 299 Å². The molecule has 0 amide bonds. The van der Waals surface area contributed by atoms with Gasteiger partial charge < -0.3 is 33.8 Å². The number of carbonyl (C=O) groups excluding carboxylic acids is 4. The summed E-state index contributed by atoms with van der Waals surface area (Å²) in [5.74, 6) is -0.0122. The molecule has 3 N–H and O–H groups in total. The fraction of sp³-hybridized carbons (Fsp3) is 0.935. The summed E-state index contributed by atoms with van der Waals surface area (Å²) in [6, 6.07) is 0. The zero-order valence-electron chi connectivity index (χ0n) is 52.2. The molecule has 480 valence electrons. The Balaban J connectivity index is 5.26. The average molecular weight is 1200 g/mol. The second-order valence-corrected chi connectivity index (χ2v) is 26.3. The lowest BCUT2D eigenvalue weighted by Gasteiger charge is -2.21. The van der Waals surface area contributed by atoms with Crippen LogP contribution in [0.5, 0.6) is 0 Å². The maximum Gasteiger partial charge on any atom is 0.472 e. The van der Waals surface area contributed by atoms with Crippen LogP contribution in [0.4, 0.5) is 0 Å². The molecule has 0 radical (unpaired) electrons. The number of hydrogen-bond acceptors (Lipinski definition) is 15. The van der Waals surface area contributed by atoms with E-state index in [-0.39, 0.29) is 25.7 Å². The van der Waals surface area contributed by atoms with Crippen LogP contribution in [-0.2, 0) is 65.4 Å². The topological polar surface area (TPSA) is 237 Å². The molecule has 81 heavy (non-hydrogen) atoms. The van der Waals surface area contributed by atoms with Crippen LogP contribution in [0.25, 0.3) is 0 Å². The summed E-state index contributed by atoms with van der Waals surface area (Å²) in [4.78, 5) is 72.1. The van der Waals surface area contributed by atoms with E-state index in [1.807, 2.05) is 0 Å². The number of rotatable bonds is 60. The highest BCUT2D eigenvalue weighted by Crippen LogP contribution is 2.45. The number of esters is 4. The van der Waals surface area contributed by atoms with Gasteiger partial charge in [0.2, 0.25) is 0 Å². The lowest BCUT2D eigenvalue weighted by molar-refractivity contribution is -0.161. The molecule has 19 heteroatoms. The molecule has 0 aromatic heterocycles. The average Bonchev–Trinajstić information content (AvgIpc) is 3.43. The smallest absolute Gasteiger partial charge is 0.462 e. The summed E-state index contributed by atoms with van der Waals surface area (Å²) in [7, 11) is -9.88. The SMILES string of the molecule is CCCCCCCCCCCCCCC(=O)O[C@H](COC(=O)CCCCCCCCC(C)CC)COP(=O)(O)OC[C@@H](O)COP(=O)(O)OC[C@@H](COC(=O)CCCCCCCCC(C)C)OC(=O)CCCCCCCCC(C)CC. The number of phosphoric acid groups is 2. The Kier molecular flexibility index (Phi) is 52.2. The predicted octanol–water partition coefficient (Wildman–Crippen LogP) is 16.7. The van der Waals surface area contributed by atoms with E-state index in [1.165, 1.54) is 96.3 Å². The summed E-state index contributed by atoms with van der Waals surface area (Å²) in [6.45, 7) is 11.6. The number of ether oxygens (including phenoxy) is 4. The predicted molar refractivity (Wildman–Crippen MR) is 321 cm³/mol. The molecule has 0 saturated carbocycles. The molecule has 0 aliphatic heterocycles. The van der Waals surface area contributed by atoms with E-state index in [2.05, 4.69) is 48.5 Å². The van der Waals surface area contributed by atoms with Crippen molar-refractivity contribution in [1.82, 2.24) is 0 Å². The van der Waals surface area contributed by atoms with E-state index < -0.39 is 97.5 Å². The zero-order valence-corrected chi connectivity index (χ0v) is 54.0. The van der Waals surface area contributed by atoms with E-state index >= 15 is 0 Å². The van der Waals surface area contributed by atoms with Gasteiger partial charge in [0.05, 0.1) is 26.4 Å². The minimum Gasteiger partial charge on any atom is -0.462 e. The first-order valence-electron chi connectivity index (χ1n) is 32.4. The first kappa shape index (κ1) is 79.1. The molecule has 0 saturated heterocycles. The first-order chi connectivity index (χ1) is 38.8. The van der Waals surface area contributed by atoms with Crippen molar-refractivity contribution in [3.8, 4) is 0 Å². The van der Waals surface area contributed by atoms with Crippen LogP contribution in [0, 0.1) is 17.8 Å². The van der Waals surface area contributed by atoms with E-state index in [9.17, 15) is 43.2 Å². The molecule has 0 aliphatic rings. The monoisotopic (exact) mass is 1200 g/mol. The van der Waals surface area contributed by atoms with Crippen molar-refractivity contribution in [1.29, 1.82) is 0 Å². The Morgan fingerprint density at radius 3 is 0.938 bits per heavy atom. The molecule has 0 rings (SSSR count). The summed E-state index contributed by atoms with van der Waals surface area (Å²) in [5.41, 5.74) is 0. The molecule has 0 heterocycles. The summed E-state index contributed by atoms with van der Waals surface area (Å²) < 4.78 is 67.9. The van der Waals surface area contributed by atoms with Crippen molar-refractivity contribution in [2.45, 2.75) is 317 Å². The third-order valence-corrected chi connectivity index (χ3v) is 16.8. The van der Waals surface area contributed by atoms with Gasteiger partial charge in [-0.2, -0.15) is 0 Å². The molecule has 0 aromatic rings. The molecule has 0 bridgehead atoms. The Morgan fingerprint density at radius 2 is 0.630 bits per heavy atom. The molecule has 0 spiro atoms. The van der Waals surface area contributed by atoms with Crippen LogP contribution in [0.15, 0.2) is 0 Å². The van der Waals surface area contributed by atoms with Gasteiger partial charge in [0.15, 0.2) is 12.2 Å². The van der Waals surface area contributed by atoms with E-state index in [4.69, 9.17) is 37.0 Å². The van der Waals surface area contributed by atoms with Gasteiger partial charge in [-0.3, -0.25) is 37.3 Å². The van der Waals surface area contributed by atoms with Crippen LogP contribution < -0.4 is 0 Å². The Morgan fingerprint density at radius 1 is 0.358 bits per heavy atom. The van der Waals surface area contributed by atoms with Gasteiger partial charge in [0, 0.05) is 25.7 Å². The van der Waals surface area contributed by atoms with Gasteiger partial charge in [0.25, 0.3) is 0 Å². The van der Waals surface area contributed by atoms with E-state index in [0.717, 1.165) is 115 Å². The second-order valence-electron chi connectivity index (χ2n) is 23.4. The maximum atomic E-state index is 12.9. The molecular formula is C62H120O17P2. The summed E-state index contributed by atoms with van der Waals surface area (Å²) in [6.07, 6.45) is 33.6. The van der Waals surface area contributed by atoms with Crippen molar-refractivity contribution in [2.75, 3.05) is 39.6 Å². The quantitative estimate of drug-likeness (QED) is 0.0222. The van der Waals surface area contributed by atoms with Gasteiger partial charge in [-0.15, -0.1) is 0 Å². The van der Waals surface area contributed by atoms with Gasteiger partial charge in [-0.25, -0.2) is 9.13 Å². The van der Waals surface area contributed by atoms with Crippen LogP contribution in [0.2, 0.25) is 0 Å². The molecule has 0 fully saturated rings. The van der Waals surface area contributed by atoms with Crippen LogP contribution >= 0.6 is 15.6 Å². The molecule has 4 unspecified atom stereocenters. The normalized spacial score (nSPS) is 15.1. The lowest BCUT2D eigenvalue weighted by Crippen LogP contribution is -2.30. The fourth-order valence-electron chi connectivity index (χ4n) is 9.06. The van der Waals surface area contributed by atoms with Crippen molar-refractivity contribution in [3.05, 3.63) is 0 Å². The summed E-state index contributed by atoms with van der Waals surface area (Å²) in [5, 5.41) is 10.5. The van der Waals surface area contributed by atoms with Crippen molar-refractivity contribution < 1.29 is 80.2 Å². The highest BCUT2D eigenvalue weighted by atomic mass is 31.2. The Hall–Kier alpha value is -1.94. The highest BCUT2D eigenvalue weighted by Gasteiger charge is 2.30. The molecule has 0 aliphatic carbocycles. The zero-order chi connectivity index (χ0) is 60.3. The highest BCUT2D eigenvalue weighted by molar-refractivity contribution is 7.47. The Bertz CT molecular complexity index is 1620. The van der Waals surface area contributed by atoms with Crippen LogP contribution in [0.3, 0.4) is 0 Å². The van der Waals surface area contributed by atoms with Crippen molar-refractivity contribution in [3.63, 3.8) is 0 Å². The number of hydrogen-bond donors (Lipinski definition) is 3. The van der Waals surface area contributed by atoms with Crippen molar-refractivity contribution in [2.24, 2.45) is 17.8 Å². The first-order valence-corrected chi connectivity index (χ1v) is 35.4. The molecular weight excluding hydrogens is 1080 g/mol. The Labute approximate surface area is 492 Å². The number of phosphoric ester groups is 2. The van der Waals surface area contributed by atoms with Crippen molar-refractivity contribution >= 4 is 39.5 Å². The van der Waals surface area contributed by atoms with Crippen LogP contribution in [-0.4, -0.2) is 96.7 Å². The maximum absolute atomic E-state index is 12.9. The number of unbranched alkanes of at least 4 members (excludes halogenated alkanes) is 26. The minimum absolute atomic E-state index is 0.101. The van der Waals surface area contributed by atoms with E-state index in [1.54, 1.807) is 0 Å². The lowest BCUT2D eigenvalue weighted by atomic mass is 10.00. The van der Waals surface area contributed by atoms with E-state index in [0.29, 0.717) is 31.6 Å². The van der Waals surface area contributed by atoms with Gasteiger partial charge in [0.1, 0.15) is 19.3 Å². The minimum atomic E-state index is -4.94. The number of aliphatic hydroxyl groups excluding tert-OH is 1. The van der Waals surface area contributed by atoms with Gasteiger partial charge in [-0.05, 0) is 43.4 Å². The third kappa shape index (κ3) is 54.5. The standard InChI is InChI=1S/C62H120O17P2/c1-8-11-12-13-14-15-16-17-18-19-31-38-45-61(66)78-57(49-73-60(65)44-37-30-24-21-27-34-41-54(6)9-2)51-76-80(68,69)74-47-56(63)48-75-81(70,71)77-52-58(50-72-59(64)43-36-29-23-20-26-33-40-53(4)5)79-62(67)46-39-32-25-22-28-35-42-55(7)10-3/h53-58,63H,8-52H2,1-7H3,(H,68,69)(H,70,71)/t54?,55?,56-,57-,58-/m1/s1. The van der Waals surface area contributed by atoms with Gasteiger partial charge in [-0.1, -0.05) is 248 Å². The number of aliphatic hydroxyl groups is 1. The second kappa shape index (κ2) is 53.5. The third-order valence-electron chi connectivity index (χ3n) is 14.9. The molecule has 7 atom stereocenters.